The highest BCUT2D eigenvalue weighted by Crippen LogP contribution is 2.28. The average Bonchev–Trinajstić information content (AvgIpc) is 2.63. The Hall–Kier alpha value is -1.35. The SMILES string of the molecule is C#CCC1CCCCN1C1CCN(S(=O)(=O)c2ccccc2)CC1. The van der Waals surface area contributed by atoms with E-state index in [0.717, 1.165) is 25.8 Å². The van der Waals surface area contributed by atoms with Crippen molar-refractivity contribution in [3.63, 3.8) is 0 Å². The Morgan fingerprint density at radius 3 is 2.42 bits per heavy atom. The molecule has 1 atom stereocenters. The number of nitrogens with zero attached hydrogens (tertiary/aromatic N) is 2. The lowest BCUT2D eigenvalue weighted by molar-refractivity contribution is 0.0674. The van der Waals surface area contributed by atoms with Crippen LogP contribution in [0.4, 0.5) is 0 Å². The van der Waals surface area contributed by atoms with E-state index in [9.17, 15) is 8.42 Å². The summed E-state index contributed by atoms with van der Waals surface area (Å²) in [4.78, 5) is 2.95. The van der Waals surface area contributed by atoms with E-state index >= 15 is 0 Å². The molecule has 0 amide bonds. The van der Waals surface area contributed by atoms with Crippen LogP contribution in [0, 0.1) is 12.3 Å². The molecule has 4 nitrogen and oxygen atoms in total. The lowest BCUT2D eigenvalue weighted by Gasteiger charge is -2.44. The number of hydrogen-bond acceptors (Lipinski definition) is 3. The van der Waals surface area contributed by atoms with E-state index in [1.165, 1.54) is 19.3 Å². The molecule has 0 saturated carbocycles. The molecule has 1 unspecified atom stereocenters. The van der Waals surface area contributed by atoms with Gasteiger partial charge in [-0.2, -0.15) is 4.31 Å². The third-order valence-corrected chi connectivity index (χ3v) is 7.21. The number of piperidine rings is 2. The molecule has 2 aliphatic heterocycles. The van der Waals surface area contributed by atoms with Crippen molar-refractivity contribution in [2.45, 2.75) is 55.5 Å². The summed E-state index contributed by atoms with van der Waals surface area (Å²) in [6.45, 7) is 2.30. The van der Waals surface area contributed by atoms with Gasteiger partial charge in [-0.1, -0.05) is 24.6 Å². The molecule has 0 radical (unpaired) electrons. The fourth-order valence-electron chi connectivity index (χ4n) is 4.01. The summed E-state index contributed by atoms with van der Waals surface area (Å²) in [5, 5.41) is 0. The topological polar surface area (TPSA) is 40.6 Å². The van der Waals surface area contributed by atoms with Crippen molar-refractivity contribution in [3.8, 4) is 12.3 Å². The van der Waals surface area contributed by atoms with E-state index in [0.29, 0.717) is 30.1 Å². The van der Waals surface area contributed by atoms with Gasteiger partial charge in [-0.05, 0) is 44.4 Å². The summed E-state index contributed by atoms with van der Waals surface area (Å²) in [7, 11) is -3.36. The first-order valence-corrected chi connectivity index (χ1v) is 10.3. The molecule has 0 aromatic heterocycles. The predicted molar refractivity (Wildman–Crippen MR) is 96.0 cm³/mol. The largest absolute Gasteiger partial charge is 0.296 e. The van der Waals surface area contributed by atoms with Gasteiger partial charge < -0.3 is 0 Å². The Bertz CT molecular complexity index is 673. The molecule has 0 bridgehead atoms. The van der Waals surface area contributed by atoms with Crippen LogP contribution in [0.5, 0.6) is 0 Å². The minimum Gasteiger partial charge on any atom is -0.296 e. The molecule has 5 heteroatoms. The molecular weight excluding hydrogens is 320 g/mol. The van der Waals surface area contributed by atoms with E-state index in [2.05, 4.69) is 10.8 Å². The van der Waals surface area contributed by atoms with Crippen LogP contribution in [0.25, 0.3) is 0 Å². The molecular formula is C19H26N2O2S. The smallest absolute Gasteiger partial charge is 0.243 e. The molecule has 3 rings (SSSR count). The van der Waals surface area contributed by atoms with Crippen molar-refractivity contribution in [2.24, 2.45) is 0 Å². The fourth-order valence-corrected chi connectivity index (χ4v) is 5.51. The van der Waals surface area contributed by atoms with Gasteiger partial charge in [-0.15, -0.1) is 12.3 Å². The maximum atomic E-state index is 12.7. The van der Waals surface area contributed by atoms with Crippen molar-refractivity contribution in [2.75, 3.05) is 19.6 Å². The summed E-state index contributed by atoms with van der Waals surface area (Å²) in [6, 6.07) is 9.68. The highest BCUT2D eigenvalue weighted by molar-refractivity contribution is 7.89. The first-order valence-electron chi connectivity index (χ1n) is 8.87. The number of benzene rings is 1. The van der Waals surface area contributed by atoms with Crippen molar-refractivity contribution < 1.29 is 8.42 Å². The van der Waals surface area contributed by atoms with Crippen LogP contribution in [0.3, 0.4) is 0 Å². The van der Waals surface area contributed by atoms with Crippen molar-refractivity contribution in [3.05, 3.63) is 30.3 Å². The van der Waals surface area contributed by atoms with Crippen LogP contribution < -0.4 is 0 Å². The lowest BCUT2D eigenvalue weighted by atomic mass is 9.94. The Morgan fingerprint density at radius 1 is 1.04 bits per heavy atom. The number of rotatable bonds is 4. The van der Waals surface area contributed by atoms with E-state index in [1.807, 2.05) is 6.07 Å². The van der Waals surface area contributed by atoms with Crippen molar-refractivity contribution >= 4 is 10.0 Å². The van der Waals surface area contributed by atoms with Crippen LogP contribution in [-0.2, 0) is 10.0 Å². The number of likely N-dealkylation sites (tertiary alicyclic amines) is 1. The summed E-state index contributed by atoms with van der Waals surface area (Å²) >= 11 is 0. The van der Waals surface area contributed by atoms with Gasteiger partial charge in [-0.3, -0.25) is 4.90 Å². The Kier molecular flexibility index (Phi) is 5.60. The van der Waals surface area contributed by atoms with Gasteiger partial charge in [0.2, 0.25) is 10.0 Å². The molecule has 0 spiro atoms. The van der Waals surface area contributed by atoms with Crippen LogP contribution in [0.1, 0.15) is 38.5 Å². The van der Waals surface area contributed by atoms with Gasteiger partial charge in [0, 0.05) is 31.6 Å². The number of terminal acetylenes is 1. The Morgan fingerprint density at radius 2 is 1.75 bits per heavy atom. The minimum absolute atomic E-state index is 0.395. The zero-order valence-corrected chi connectivity index (χ0v) is 14.9. The number of sulfonamides is 1. The van der Waals surface area contributed by atoms with Crippen molar-refractivity contribution in [1.29, 1.82) is 0 Å². The minimum atomic E-state index is -3.36. The monoisotopic (exact) mass is 346 g/mol. The predicted octanol–water partition coefficient (Wildman–Crippen LogP) is 2.72. The maximum Gasteiger partial charge on any atom is 0.243 e. The summed E-state index contributed by atoms with van der Waals surface area (Å²) in [5.41, 5.74) is 0. The van der Waals surface area contributed by atoms with E-state index < -0.39 is 10.0 Å². The highest BCUT2D eigenvalue weighted by atomic mass is 32.2. The van der Waals surface area contributed by atoms with Crippen molar-refractivity contribution in [1.82, 2.24) is 9.21 Å². The first-order chi connectivity index (χ1) is 11.6. The van der Waals surface area contributed by atoms with E-state index in [4.69, 9.17) is 6.42 Å². The Labute approximate surface area is 145 Å². The quantitative estimate of drug-likeness (QED) is 0.787. The molecule has 2 fully saturated rings. The standard InChI is InChI=1S/C19H26N2O2S/c1-2-8-17-9-6-7-14-21(17)18-12-15-20(16-13-18)24(22,23)19-10-4-3-5-11-19/h1,3-5,10-11,17-18H,6-9,12-16H2. The zero-order valence-electron chi connectivity index (χ0n) is 14.1. The van der Waals surface area contributed by atoms with Crippen LogP contribution in [0.2, 0.25) is 0 Å². The van der Waals surface area contributed by atoms with Gasteiger partial charge in [0.1, 0.15) is 0 Å². The lowest BCUT2D eigenvalue weighted by Crippen LogP contribution is -2.51. The highest BCUT2D eigenvalue weighted by Gasteiger charge is 2.34. The molecule has 2 heterocycles. The fraction of sp³-hybridized carbons (Fsp3) is 0.579. The molecule has 24 heavy (non-hydrogen) atoms. The summed E-state index contributed by atoms with van der Waals surface area (Å²) < 4.78 is 27.1. The number of hydrogen-bond donors (Lipinski definition) is 0. The summed E-state index contributed by atoms with van der Waals surface area (Å²) in [5.74, 6) is 2.81. The van der Waals surface area contributed by atoms with Gasteiger partial charge in [0.15, 0.2) is 0 Å². The third-order valence-electron chi connectivity index (χ3n) is 5.30. The zero-order chi connectivity index (χ0) is 17.0. The molecule has 130 valence electrons. The van der Waals surface area contributed by atoms with E-state index in [1.54, 1.807) is 28.6 Å². The second kappa shape index (κ2) is 7.69. The second-order valence-corrected chi connectivity index (χ2v) is 8.68. The average molecular weight is 346 g/mol. The Balaban J connectivity index is 1.64. The summed E-state index contributed by atoms with van der Waals surface area (Å²) in [6.07, 6.45) is 11.8. The third kappa shape index (κ3) is 3.66. The first kappa shape index (κ1) is 17.5. The normalized spacial score (nSPS) is 24.5. The van der Waals surface area contributed by atoms with Gasteiger partial charge in [0.25, 0.3) is 0 Å². The molecule has 0 aliphatic carbocycles. The molecule has 0 N–H and O–H groups in total. The molecule has 2 saturated heterocycles. The van der Waals surface area contributed by atoms with Crippen LogP contribution in [-0.4, -0.2) is 49.3 Å². The van der Waals surface area contributed by atoms with E-state index in [-0.39, 0.29) is 0 Å². The van der Waals surface area contributed by atoms with Gasteiger partial charge in [0.05, 0.1) is 4.90 Å². The maximum absolute atomic E-state index is 12.7. The second-order valence-electron chi connectivity index (χ2n) is 6.74. The van der Waals surface area contributed by atoms with Crippen LogP contribution in [0.15, 0.2) is 35.2 Å². The van der Waals surface area contributed by atoms with Gasteiger partial charge in [-0.25, -0.2) is 8.42 Å². The molecule has 1 aromatic rings. The molecule has 2 aliphatic rings. The van der Waals surface area contributed by atoms with Crippen LogP contribution >= 0.6 is 0 Å². The van der Waals surface area contributed by atoms with Gasteiger partial charge >= 0.3 is 0 Å². The molecule has 1 aromatic carbocycles.